The van der Waals surface area contributed by atoms with Gasteiger partial charge >= 0.3 is 5.97 Å². The third kappa shape index (κ3) is 5.86. The molecule has 0 saturated heterocycles. The maximum atomic E-state index is 12.1. The van der Waals surface area contributed by atoms with Crippen LogP contribution in [0.3, 0.4) is 0 Å². The van der Waals surface area contributed by atoms with Gasteiger partial charge in [0.25, 0.3) is 0 Å². The smallest absolute Gasteiger partial charge is 0.338 e. The predicted molar refractivity (Wildman–Crippen MR) is 101 cm³/mol. The fourth-order valence-corrected chi connectivity index (χ4v) is 2.37. The Labute approximate surface area is 154 Å². The van der Waals surface area contributed by atoms with Gasteiger partial charge in [0.2, 0.25) is 0 Å². The lowest BCUT2D eigenvalue weighted by molar-refractivity contribution is 0.0470. The van der Waals surface area contributed by atoms with Gasteiger partial charge in [0.15, 0.2) is 0 Å². The lowest BCUT2D eigenvalue weighted by atomic mass is 10.0. The van der Waals surface area contributed by atoms with Crippen molar-refractivity contribution in [3.05, 3.63) is 64.7 Å². The molecule has 0 bridgehead atoms. The lowest BCUT2D eigenvalue weighted by Gasteiger charge is -2.23. The Morgan fingerprint density at radius 1 is 1.15 bits per heavy atom. The van der Waals surface area contributed by atoms with E-state index in [1.54, 1.807) is 24.3 Å². The first-order chi connectivity index (χ1) is 12.2. The molecule has 2 aromatic rings. The molecule has 0 fully saturated rings. The van der Waals surface area contributed by atoms with Crippen molar-refractivity contribution in [2.24, 2.45) is 0 Å². The third-order valence-electron chi connectivity index (χ3n) is 3.96. The van der Waals surface area contributed by atoms with Gasteiger partial charge in [-0.1, -0.05) is 23.8 Å². The van der Waals surface area contributed by atoms with Gasteiger partial charge < -0.3 is 20.3 Å². The summed E-state index contributed by atoms with van der Waals surface area (Å²) in [5.41, 5.74) is 2.52. The van der Waals surface area contributed by atoms with Crippen molar-refractivity contribution < 1.29 is 19.7 Å². The standard InChI is InChI=1S/C21H27NO4/c1-14-5-7-15(8-6-14)20(25)26-13-17-11-16(9-10-18(17)23)19(24)12-22-21(2,3)4/h5-11,19,22-24H,12-13H2,1-4H3. The minimum Gasteiger partial charge on any atom is -0.508 e. The number of hydrogen-bond donors (Lipinski definition) is 3. The number of β-amino-alcohol motifs (C(OH)–C–C–N with tert-alkyl or cyclic N) is 1. The molecule has 1 atom stereocenters. The molecule has 5 heteroatoms. The van der Waals surface area contributed by atoms with Gasteiger partial charge in [-0.3, -0.25) is 0 Å². The SMILES string of the molecule is Cc1ccc(C(=O)OCc2cc(C(O)CNC(C)(C)C)ccc2O)cc1. The number of esters is 1. The summed E-state index contributed by atoms with van der Waals surface area (Å²) in [6.07, 6.45) is -0.721. The maximum absolute atomic E-state index is 12.1. The van der Waals surface area contributed by atoms with E-state index in [1.807, 2.05) is 39.8 Å². The summed E-state index contributed by atoms with van der Waals surface area (Å²) in [5.74, 6) is -0.425. The van der Waals surface area contributed by atoms with Crippen molar-refractivity contribution in [1.82, 2.24) is 5.32 Å². The fraction of sp³-hybridized carbons (Fsp3) is 0.381. The van der Waals surface area contributed by atoms with Crippen molar-refractivity contribution in [3.8, 4) is 5.75 Å². The van der Waals surface area contributed by atoms with Crippen molar-refractivity contribution in [3.63, 3.8) is 0 Å². The average Bonchev–Trinajstić information content (AvgIpc) is 2.58. The Morgan fingerprint density at radius 2 is 1.81 bits per heavy atom. The normalized spacial score (nSPS) is 12.7. The second-order valence-corrected chi connectivity index (χ2v) is 7.48. The number of ether oxygens (including phenoxy) is 1. The van der Waals surface area contributed by atoms with E-state index in [0.29, 0.717) is 23.2 Å². The van der Waals surface area contributed by atoms with Crippen molar-refractivity contribution in [2.75, 3.05) is 6.54 Å². The van der Waals surface area contributed by atoms with Crippen LogP contribution in [0, 0.1) is 6.92 Å². The predicted octanol–water partition coefficient (Wildman–Crippen LogP) is 3.48. The largest absolute Gasteiger partial charge is 0.508 e. The molecule has 5 nitrogen and oxygen atoms in total. The topological polar surface area (TPSA) is 78.8 Å². The van der Waals surface area contributed by atoms with Crippen molar-refractivity contribution in [2.45, 2.75) is 45.9 Å². The number of carbonyl (C=O) groups excluding carboxylic acids is 1. The van der Waals surface area contributed by atoms with Crippen LogP contribution in [-0.4, -0.2) is 28.3 Å². The second kappa shape index (κ2) is 8.34. The van der Waals surface area contributed by atoms with Gasteiger partial charge in [-0.15, -0.1) is 0 Å². The summed E-state index contributed by atoms with van der Waals surface area (Å²) in [7, 11) is 0. The first kappa shape index (κ1) is 19.9. The molecular formula is C21H27NO4. The van der Waals surface area contributed by atoms with Crippen LogP contribution in [0.4, 0.5) is 0 Å². The minimum atomic E-state index is -0.721. The number of aromatic hydroxyl groups is 1. The number of aliphatic hydroxyl groups excluding tert-OH is 1. The molecule has 0 spiro atoms. The van der Waals surface area contributed by atoms with Gasteiger partial charge in [-0.2, -0.15) is 0 Å². The highest BCUT2D eigenvalue weighted by atomic mass is 16.5. The molecule has 0 heterocycles. The highest BCUT2D eigenvalue weighted by molar-refractivity contribution is 5.89. The van der Waals surface area contributed by atoms with E-state index in [2.05, 4.69) is 5.32 Å². The number of hydrogen-bond acceptors (Lipinski definition) is 5. The summed E-state index contributed by atoms with van der Waals surface area (Å²) in [5, 5.41) is 23.6. The average molecular weight is 357 g/mol. The number of aliphatic hydroxyl groups is 1. The van der Waals surface area contributed by atoms with Crippen LogP contribution in [0.5, 0.6) is 5.75 Å². The molecule has 26 heavy (non-hydrogen) atoms. The lowest BCUT2D eigenvalue weighted by Crippen LogP contribution is -2.38. The van der Waals surface area contributed by atoms with E-state index < -0.39 is 12.1 Å². The van der Waals surface area contributed by atoms with Crippen LogP contribution in [-0.2, 0) is 11.3 Å². The zero-order chi connectivity index (χ0) is 19.3. The zero-order valence-electron chi connectivity index (χ0n) is 15.7. The van der Waals surface area contributed by atoms with E-state index in [0.717, 1.165) is 5.56 Å². The summed E-state index contributed by atoms with van der Waals surface area (Å²) < 4.78 is 5.29. The Morgan fingerprint density at radius 3 is 2.42 bits per heavy atom. The van der Waals surface area contributed by atoms with E-state index in [9.17, 15) is 15.0 Å². The van der Waals surface area contributed by atoms with E-state index in [4.69, 9.17) is 4.74 Å². The zero-order valence-corrected chi connectivity index (χ0v) is 15.7. The number of carbonyl (C=O) groups is 1. The Kier molecular flexibility index (Phi) is 6.40. The van der Waals surface area contributed by atoms with E-state index >= 15 is 0 Å². The van der Waals surface area contributed by atoms with E-state index in [1.165, 1.54) is 6.07 Å². The van der Waals surface area contributed by atoms with Gasteiger partial charge in [0.05, 0.1) is 11.7 Å². The highest BCUT2D eigenvalue weighted by Crippen LogP contribution is 2.24. The molecule has 0 saturated carbocycles. The second-order valence-electron chi connectivity index (χ2n) is 7.48. The van der Waals surface area contributed by atoms with Crippen LogP contribution >= 0.6 is 0 Å². The van der Waals surface area contributed by atoms with Crippen LogP contribution in [0.1, 0.15) is 53.9 Å². The van der Waals surface area contributed by atoms with Crippen molar-refractivity contribution >= 4 is 5.97 Å². The van der Waals surface area contributed by atoms with Crippen LogP contribution in [0.25, 0.3) is 0 Å². The number of rotatable bonds is 6. The Balaban J connectivity index is 2.02. The van der Waals surface area contributed by atoms with Gasteiger partial charge in [-0.05, 0) is 57.5 Å². The quantitative estimate of drug-likeness (QED) is 0.690. The number of phenols is 1. The summed E-state index contributed by atoms with van der Waals surface area (Å²) in [6, 6.07) is 11.9. The summed E-state index contributed by atoms with van der Waals surface area (Å²) in [6.45, 7) is 8.33. The fourth-order valence-electron chi connectivity index (χ4n) is 2.37. The molecule has 0 aliphatic heterocycles. The molecule has 2 rings (SSSR count). The molecule has 3 N–H and O–H groups in total. The summed E-state index contributed by atoms with van der Waals surface area (Å²) in [4.78, 5) is 12.1. The molecule has 2 aromatic carbocycles. The molecule has 140 valence electrons. The number of nitrogens with one attached hydrogen (secondary N) is 1. The summed E-state index contributed by atoms with van der Waals surface area (Å²) >= 11 is 0. The van der Waals surface area contributed by atoms with Gasteiger partial charge in [0.1, 0.15) is 12.4 Å². The number of phenolic OH excluding ortho intramolecular Hbond substituents is 1. The first-order valence-electron chi connectivity index (χ1n) is 8.64. The number of aryl methyl sites for hydroxylation is 1. The van der Waals surface area contributed by atoms with Crippen LogP contribution in [0.15, 0.2) is 42.5 Å². The van der Waals surface area contributed by atoms with Crippen LogP contribution in [0.2, 0.25) is 0 Å². The molecule has 0 amide bonds. The van der Waals surface area contributed by atoms with Crippen molar-refractivity contribution in [1.29, 1.82) is 0 Å². The first-order valence-corrected chi connectivity index (χ1v) is 8.64. The maximum Gasteiger partial charge on any atom is 0.338 e. The molecule has 0 aliphatic rings. The van der Waals surface area contributed by atoms with Crippen LogP contribution < -0.4 is 5.32 Å². The monoisotopic (exact) mass is 357 g/mol. The molecule has 0 radical (unpaired) electrons. The Hall–Kier alpha value is -2.37. The molecular weight excluding hydrogens is 330 g/mol. The van der Waals surface area contributed by atoms with Gasteiger partial charge in [0, 0.05) is 17.6 Å². The Bertz CT molecular complexity index is 748. The van der Waals surface area contributed by atoms with Gasteiger partial charge in [-0.25, -0.2) is 4.79 Å². The highest BCUT2D eigenvalue weighted by Gasteiger charge is 2.16. The minimum absolute atomic E-state index is 0.0291. The molecule has 0 aromatic heterocycles. The number of benzene rings is 2. The molecule has 0 aliphatic carbocycles. The van der Waals surface area contributed by atoms with E-state index in [-0.39, 0.29) is 17.9 Å². The molecule has 1 unspecified atom stereocenters. The third-order valence-corrected chi connectivity index (χ3v) is 3.96.